The van der Waals surface area contributed by atoms with Crippen LogP contribution >= 0.6 is 0 Å². The van der Waals surface area contributed by atoms with Gasteiger partial charge in [0.25, 0.3) is 0 Å². The zero-order valence-corrected chi connectivity index (χ0v) is 9.33. The number of aromatic nitrogens is 1. The fourth-order valence-electron chi connectivity index (χ4n) is 1.79. The molecule has 0 aliphatic heterocycles. The van der Waals surface area contributed by atoms with Gasteiger partial charge in [-0.2, -0.15) is 0 Å². The summed E-state index contributed by atoms with van der Waals surface area (Å²) >= 11 is 0. The van der Waals surface area contributed by atoms with Crippen molar-refractivity contribution in [2.45, 2.75) is 6.42 Å². The van der Waals surface area contributed by atoms with Gasteiger partial charge in [-0.3, -0.25) is 4.98 Å². The van der Waals surface area contributed by atoms with Crippen molar-refractivity contribution < 1.29 is 18.3 Å². The van der Waals surface area contributed by atoms with E-state index in [1.54, 1.807) is 0 Å². The summed E-state index contributed by atoms with van der Waals surface area (Å²) < 4.78 is 40.2. The van der Waals surface area contributed by atoms with Crippen molar-refractivity contribution in [1.29, 1.82) is 0 Å². The van der Waals surface area contributed by atoms with Gasteiger partial charge in [0.1, 0.15) is 0 Å². The van der Waals surface area contributed by atoms with E-state index in [9.17, 15) is 13.2 Å². The maximum absolute atomic E-state index is 13.8. The van der Waals surface area contributed by atoms with Crippen LogP contribution in [0, 0.1) is 17.5 Å². The van der Waals surface area contributed by atoms with Crippen LogP contribution in [-0.2, 0) is 6.42 Å². The summed E-state index contributed by atoms with van der Waals surface area (Å²) in [5, 5.41) is 8.89. The van der Waals surface area contributed by atoms with Crippen LogP contribution in [-0.4, -0.2) is 16.7 Å². The zero-order chi connectivity index (χ0) is 13.1. The molecule has 94 valence electrons. The van der Waals surface area contributed by atoms with Crippen LogP contribution in [0.4, 0.5) is 13.2 Å². The highest BCUT2D eigenvalue weighted by Gasteiger charge is 2.19. The molecule has 0 atom stereocenters. The molecule has 0 saturated carbocycles. The Labute approximate surface area is 102 Å². The Morgan fingerprint density at radius 2 is 1.72 bits per heavy atom. The van der Waals surface area contributed by atoms with Crippen LogP contribution < -0.4 is 0 Å². The second kappa shape index (κ2) is 5.18. The molecule has 0 bridgehead atoms. The molecule has 1 heterocycles. The van der Waals surface area contributed by atoms with Crippen molar-refractivity contribution in [1.82, 2.24) is 4.98 Å². The first kappa shape index (κ1) is 12.6. The predicted molar refractivity (Wildman–Crippen MR) is 60.3 cm³/mol. The second-order valence-electron chi connectivity index (χ2n) is 3.73. The lowest BCUT2D eigenvalue weighted by Gasteiger charge is -2.11. The van der Waals surface area contributed by atoms with Gasteiger partial charge >= 0.3 is 0 Å². The number of hydrogen-bond acceptors (Lipinski definition) is 2. The molecule has 0 amide bonds. The standard InChI is InChI=1S/C13H10F3NO/c14-10-7-9(3-6-18)11(13(16)12(10)15)8-1-4-17-5-2-8/h1-2,4-5,7,18H,3,6H2. The van der Waals surface area contributed by atoms with Gasteiger partial charge in [0, 0.05) is 24.6 Å². The van der Waals surface area contributed by atoms with Crippen molar-refractivity contribution in [3.05, 3.63) is 53.6 Å². The zero-order valence-electron chi connectivity index (χ0n) is 9.33. The number of halogens is 3. The Balaban J connectivity index is 2.67. The number of nitrogens with zero attached hydrogens (tertiary/aromatic N) is 1. The van der Waals surface area contributed by atoms with Crippen LogP contribution in [0.2, 0.25) is 0 Å². The molecule has 0 aliphatic carbocycles. The minimum absolute atomic E-state index is 0.0367. The number of aliphatic hydroxyl groups excluding tert-OH is 1. The van der Waals surface area contributed by atoms with E-state index in [0.29, 0.717) is 5.56 Å². The first-order valence-electron chi connectivity index (χ1n) is 5.32. The lowest BCUT2D eigenvalue weighted by Crippen LogP contribution is -2.02. The molecule has 0 unspecified atom stereocenters. The number of hydrogen-bond donors (Lipinski definition) is 1. The maximum Gasteiger partial charge on any atom is 0.195 e. The van der Waals surface area contributed by atoms with Crippen LogP contribution in [0.1, 0.15) is 5.56 Å². The lowest BCUT2D eigenvalue weighted by molar-refractivity contribution is 0.299. The molecule has 2 rings (SSSR count). The van der Waals surface area contributed by atoms with E-state index in [2.05, 4.69) is 4.98 Å². The Bertz CT molecular complexity index is 558. The fraction of sp³-hybridized carbons (Fsp3) is 0.154. The normalized spacial score (nSPS) is 10.7. The van der Waals surface area contributed by atoms with Gasteiger partial charge in [0.05, 0.1) is 0 Å². The highest BCUT2D eigenvalue weighted by molar-refractivity contribution is 5.68. The SMILES string of the molecule is OCCc1cc(F)c(F)c(F)c1-c1ccncc1. The molecule has 0 saturated heterocycles. The van der Waals surface area contributed by atoms with Crippen molar-refractivity contribution in [2.75, 3.05) is 6.61 Å². The quantitative estimate of drug-likeness (QED) is 0.853. The number of benzene rings is 1. The van der Waals surface area contributed by atoms with Crippen LogP contribution in [0.5, 0.6) is 0 Å². The highest BCUT2D eigenvalue weighted by Crippen LogP contribution is 2.30. The van der Waals surface area contributed by atoms with Crippen molar-refractivity contribution in [3.63, 3.8) is 0 Å². The Morgan fingerprint density at radius 1 is 1.06 bits per heavy atom. The third-order valence-corrected chi connectivity index (χ3v) is 2.59. The van der Waals surface area contributed by atoms with Gasteiger partial charge in [0.2, 0.25) is 0 Å². The Kier molecular flexibility index (Phi) is 3.62. The largest absolute Gasteiger partial charge is 0.396 e. The van der Waals surface area contributed by atoms with Crippen LogP contribution in [0.15, 0.2) is 30.6 Å². The van der Waals surface area contributed by atoms with E-state index in [0.717, 1.165) is 6.07 Å². The molecule has 2 aromatic rings. The molecule has 0 radical (unpaired) electrons. The van der Waals surface area contributed by atoms with Crippen molar-refractivity contribution in [3.8, 4) is 11.1 Å². The van der Waals surface area contributed by atoms with Gasteiger partial charge in [-0.15, -0.1) is 0 Å². The molecule has 0 aliphatic rings. The summed E-state index contributed by atoms with van der Waals surface area (Å²) in [5.74, 6) is -4.01. The number of rotatable bonds is 3. The van der Waals surface area contributed by atoms with Gasteiger partial charge in [-0.05, 0) is 35.7 Å². The molecular formula is C13H10F3NO. The first-order valence-corrected chi connectivity index (χ1v) is 5.32. The minimum Gasteiger partial charge on any atom is -0.396 e. The molecule has 1 N–H and O–H groups in total. The van der Waals surface area contributed by atoms with Crippen LogP contribution in [0.3, 0.4) is 0 Å². The lowest BCUT2D eigenvalue weighted by atomic mass is 9.97. The molecule has 5 heteroatoms. The summed E-state index contributed by atoms with van der Waals surface area (Å²) in [5.41, 5.74) is 0.579. The van der Waals surface area contributed by atoms with Crippen LogP contribution in [0.25, 0.3) is 11.1 Å². The highest BCUT2D eigenvalue weighted by atomic mass is 19.2. The van der Waals surface area contributed by atoms with Gasteiger partial charge in [-0.1, -0.05) is 0 Å². The van der Waals surface area contributed by atoms with E-state index >= 15 is 0 Å². The molecule has 18 heavy (non-hydrogen) atoms. The Morgan fingerprint density at radius 3 is 2.33 bits per heavy atom. The molecule has 2 nitrogen and oxygen atoms in total. The second-order valence-corrected chi connectivity index (χ2v) is 3.73. The average molecular weight is 253 g/mol. The maximum atomic E-state index is 13.8. The summed E-state index contributed by atoms with van der Waals surface area (Å²) in [4.78, 5) is 3.78. The van der Waals surface area contributed by atoms with Crippen molar-refractivity contribution >= 4 is 0 Å². The summed E-state index contributed by atoms with van der Waals surface area (Å²) in [6.45, 7) is -0.275. The van der Waals surface area contributed by atoms with E-state index in [-0.39, 0.29) is 24.2 Å². The third kappa shape index (κ3) is 2.22. The summed E-state index contributed by atoms with van der Waals surface area (Å²) in [6.07, 6.45) is 2.91. The first-order chi connectivity index (χ1) is 8.65. The number of aliphatic hydroxyl groups is 1. The summed E-state index contributed by atoms with van der Waals surface area (Å²) in [6, 6.07) is 3.90. The monoisotopic (exact) mass is 253 g/mol. The fourth-order valence-corrected chi connectivity index (χ4v) is 1.79. The number of pyridine rings is 1. The van der Waals surface area contributed by atoms with Gasteiger partial charge < -0.3 is 5.11 Å². The molecule has 1 aromatic carbocycles. The smallest absolute Gasteiger partial charge is 0.195 e. The van der Waals surface area contributed by atoms with Gasteiger partial charge in [-0.25, -0.2) is 13.2 Å². The predicted octanol–water partition coefficient (Wildman–Crippen LogP) is 2.70. The van der Waals surface area contributed by atoms with Gasteiger partial charge in [0.15, 0.2) is 17.5 Å². The van der Waals surface area contributed by atoms with E-state index in [1.165, 1.54) is 24.5 Å². The molecule has 0 fully saturated rings. The van der Waals surface area contributed by atoms with E-state index < -0.39 is 17.5 Å². The Hall–Kier alpha value is -1.88. The minimum atomic E-state index is -1.51. The van der Waals surface area contributed by atoms with E-state index in [1.807, 2.05) is 0 Å². The topological polar surface area (TPSA) is 33.1 Å². The summed E-state index contributed by atoms with van der Waals surface area (Å²) in [7, 11) is 0. The molecular weight excluding hydrogens is 243 g/mol. The van der Waals surface area contributed by atoms with E-state index in [4.69, 9.17) is 5.11 Å². The average Bonchev–Trinajstić information content (AvgIpc) is 2.38. The molecule has 1 aromatic heterocycles. The third-order valence-electron chi connectivity index (χ3n) is 2.59. The molecule has 0 spiro atoms. The van der Waals surface area contributed by atoms with Crippen molar-refractivity contribution in [2.24, 2.45) is 0 Å².